The van der Waals surface area contributed by atoms with Gasteiger partial charge in [0.2, 0.25) is 11.8 Å². The number of hydrogen-bond donors (Lipinski definition) is 1. The standard InChI is InChI=1S/C17H20N2O4/c1-12-10-22-15(9-20)8-19(12)16(21)7-14-11-23-17(18-14)13-5-3-2-4-6-13/h2-6,11-12,15,20H,7-10H2,1H3. The number of carbonyl (C=O) groups is 1. The van der Waals surface area contributed by atoms with Crippen LogP contribution in [0.2, 0.25) is 0 Å². The van der Waals surface area contributed by atoms with Crippen molar-refractivity contribution >= 4 is 5.91 Å². The maximum atomic E-state index is 12.5. The monoisotopic (exact) mass is 316 g/mol. The van der Waals surface area contributed by atoms with Gasteiger partial charge in [0.05, 0.1) is 37.5 Å². The molecule has 1 saturated heterocycles. The first-order valence-corrected chi connectivity index (χ1v) is 7.69. The van der Waals surface area contributed by atoms with E-state index in [2.05, 4.69) is 4.98 Å². The van der Waals surface area contributed by atoms with E-state index < -0.39 is 0 Å². The molecule has 1 aliphatic heterocycles. The highest BCUT2D eigenvalue weighted by Gasteiger charge is 2.29. The minimum absolute atomic E-state index is 0.00852. The molecule has 0 spiro atoms. The molecular weight excluding hydrogens is 296 g/mol. The second-order valence-electron chi connectivity index (χ2n) is 5.72. The maximum Gasteiger partial charge on any atom is 0.229 e. The third-order valence-corrected chi connectivity index (χ3v) is 3.93. The summed E-state index contributed by atoms with van der Waals surface area (Å²) in [7, 11) is 0. The third kappa shape index (κ3) is 3.60. The van der Waals surface area contributed by atoms with E-state index in [0.29, 0.717) is 24.7 Å². The molecule has 2 unspecified atom stereocenters. The summed E-state index contributed by atoms with van der Waals surface area (Å²) >= 11 is 0. The quantitative estimate of drug-likeness (QED) is 0.925. The number of amides is 1. The molecule has 1 aliphatic rings. The van der Waals surface area contributed by atoms with E-state index in [0.717, 1.165) is 5.56 Å². The van der Waals surface area contributed by atoms with Crippen molar-refractivity contribution in [3.05, 3.63) is 42.3 Å². The van der Waals surface area contributed by atoms with Crippen molar-refractivity contribution in [3.63, 3.8) is 0 Å². The number of morpholine rings is 1. The molecule has 0 bridgehead atoms. The van der Waals surface area contributed by atoms with Gasteiger partial charge in [-0.05, 0) is 19.1 Å². The van der Waals surface area contributed by atoms with Crippen molar-refractivity contribution in [2.24, 2.45) is 0 Å². The number of nitrogens with zero attached hydrogens (tertiary/aromatic N) is 2. The van der Waals surface area contributed by atoms with E-state index in [4.69, 9.17) is 9.15 Å². The summed E-state index contributed by atoms with van der Waals surface area (Å²) in [6, 6.07) is 9.56. The van der Waals surface area contributed by atoms with Gasteiger partial charge in [-0.2, -0.15) is 0 Å². The number of hydrogen-bond acceptors (Lipinski definition) is 5. The Bertz CT molecular complexity index is 656. The molecule has 1 aromatic carbocycles. The Morgan fingerprint density at radius 1 is 1.39 bits per heavy atom. The fourth-order valence-electron chi connectivity index (χ4n) is 2.63. The van der Waals surface area contributed by atoms with E-state index in [1.165, 1.54) is 6.26 Å². The summed E-state index contributed by atoms with van der Waals surface area (Å²) in [6.45, 7) is 2.69. The van der Waals surface area contributed by atoms with Crippen LogP contribution < -0.4 is 0 Å². The zero-order valence-corrected chi connectivity index (χ0v) is 13.0. The van der Waals surface area contributed by atoms with E-state index >= 15 is 0 Å². The van der Waals surface area contributed by atoms with Gasteiger partial charge in [-0.15, -0.1) is 0 Å². The van der Waals surface area contributed by atoms with Gasteiger partial charge in [-0.25, -0.2) is 4.98 Å². The highest BCUT2D eigenvalue weighted by Crippen LogP contribution is 2.19. The van der Waals surface area contributed by atoms with Gasteiger partial charge in [0, 0.05) is 12.1 Å². The number of oxazole rings is 1. The molecule has 1 fully saturated rings. The first-order valence-electron chi connectivity index (χ1n) is 7.69. The van der Waals surface area contributed by atoms with E-state index in [1.807, 2.05) is 37.3 Å². The van der Waals surface area contributed by atoms with E-state index in [9.17, 15) is 9.90 Å². The highest BCUT2D eigenvalue weighted by atomic mass is 16.5. The van der Waals surface area contributed by atoms with Gasteiger partial charge in [0.15, 0.2) is 0 Å². The normalized spacial score (nSPS) is 21.4. The highest BCUT2D eigenvalue weighted by molar-refractivity contribution is 5.79. The van der Waals surface area contributed by atoms with Crippen LogP contribution >= 0.6 is 0 Å². The van der Waals surface area contributed by atoms with Crippen LogP contribution in [-0.4, -0.2) is 52.8 Å². The number of aromatic nitrogens is 1. The topological polar surface area (TPSA) is 75.8 Å². The van der Waals surface area contributed by atoms with Gasteiger partial charge in [-0.1, -0.05) is 18.2 Å². The molecule has 2 atom stereocenters. The van der Waals surface area contributed by atoms with Gasteiger partial charge < -0.3 is 19.2 Å². The zero-order chi connectivity index (χ0) is 16.2. The molecule has 2 aromatic rings. The Morgan fingerprint density at radius 2 is 2.17 bits per heavy atom. The molecule has 2 heterocycles. The van der Waals surface area contributed by atoms with Crippen LogP contribution in [0.1, 0.15) is 12.6 Å². The zero-order valence-electron chi connectivity index (χ0n) is 13.0. The fraction of sp³-hybridized carbons (Fsp3) is 0.412. The lowest BCUT2D eigenvalue weighted by Crippen LogP contribution is -2.52. The lowest BCUT2D eigenvalue weighted by molar-refractivity contribution is -0.145. The second kappa shape index (κ2) is 6.93. The van der Waals surface area contributed by atoms with Gasteiger partial charge in [0.1, 0.15) is 6.26 Å². The number of ether oxygens (including phenoxy) is 1. The third-order valence-electron chi connectivity index (χ3n) is 3.93. The number of aliphatic hydroxyl groups is 1. The first kappa shape index (κ1) is 15.7. The Hall–Kier alpha value is -2.18. The summed E-state index contributed by atoms with van der Waals surface area (Å²) < 4.78 is 10.9. The Balaban J connectivity index is 1.67. The smallest absolute Gasteiger partial charge is 0.229 e. The molecule has 0 radical (unpaired) electrons. The van der Waals surface area contributed by atoms with Crippen LogP contribution in [0, 0.1) is 0 Å². The molecule has 3 rings (SSSR count). The summed E-state index contributed by atoms with van der Waals surface area (Å²) in [5.41, 5.74) is 1.49. The summed E-state index contributed by atoms with van der Waals surface area (Å²) in [4.78, 5) is 18.6. The van der Waals surface area contributed by atoms with Crippen LogP contribution in [0.4, 0.5) is 0 Å². The van der Waals surface area contributed by atoms with Crippen LogP contribution in [0.15, 0.2) is 41.0 Å². The Morgan fingerprint density at radius 3 is 2.91 bits per heavy atom. The summed E-state index contributed by atoms with van der Waals surface area (Å²) in [5.74, 6) is 0.476. The fourth-order valence-corrected chi connectivity index (χ4v) is 2.63. The van der Waals surface area contributed by atoms with Crippen molar-refractivity contribution in [2.75, 3.05) is 19.8 Å². The number of benzene rings is 1. The van der Waals surface area contributed by atoms with Crippen LogP contribution in [0.5, 0.6) is 0 Å². The van der Waals surface area contributed by atoms with Crippen LogP contribution in [-0.2, 0) is 16.0 Å². The molecule has 1 N–H and O–H groups in total. The number of carbonyl (C=O) groups excluding carboxylic acids is 1. The molecule has 6 nitrogen and oxygen atoms in total. The van der Waals surface area contributed by atoms with Crippen molar-refractivity contribution < 1.29 is 19.1 Å². The molecule has 0 aliphatic carbocycles. The van der Waals surface area contributed by atoms with Crippen molar-refractivity contribution in [1.29, 1.82) is 0 Å². The Kier molecular flexibility index (Phi) is 4.73. The van der Waals surface area contributed by atoms with E-state index in [1.54, 1.807) is 4.90 Å². The van der Waals surface area contributed by atoms with Gasteiger partial charge >= 0.3 is 0 Å². The molecule has 1 amide bonds. The second-order valence-corrected chi connectivity index (χ2v) is 5.72. The predicted molar refractivity (Wildman–Crippen MR) is 83.6 cm³/mol. The average Bonchev–Trinajstić information content (AvgIpc) is 3.04. The SMILES string of the molecule is CC1COC(CO)CN1C(=O)Cc1coc(-c2ccccc2)n1. The first-order chi connectivity index (χ1) is 11.2. The molecule has 23 heavy (non-hydrogen) atoms. The molecule has 1 aromatic heterocycles. The van der Waals surface area contributed by atoms with Gasteiger partial charge in [-0.3, -0.25) is 4.79 Å². The van der Waals surface area contributed by atoms with Gasteiger partial charge in [0.25, 0.3) is 0 Å². The molecule has 6 heteroatoms. The number of rotatable bonds is 4. The maximum absolute atomic E-state index is 12.5. The van der Waals surface area contributed by atoms with Crippen molar-refractivity contribution in [1.82, 2.24) is 9.88 Å². The largest absolute Gasteiger partial charge is 0.444 e. The van der Waals surface area contributed by atoms with E-state index in [-0.39, 0.29) is 31.1 Å². The molecular formula is C17H20N2O4. The van der Waals surface area contributed by atoms with Crippen molar-refractivity contribution in [2.45, 2.75) is 25.5 Å². The Labute approximate surface area is 134 Å². The molecule has 122 valence electrons. The lowest BCUT2D eigenvalue weighted by atomic mass is 10.1. The van der Waals surface area contributed by atoms with Crippen LogP contribution in [0.3, 0.4) is 0 Å². The lowest BCUT2D eigenvalue weighted by Gasteiger charge is -2.37. The van der Waals surface area contributed by atoms with Crippen molar-refractivity contribution in [3.8, 4) is 11.5 Å². The molecule has 0 saturated carbocycles. The predicted octanol–water partition coefficient (Wildman–Crippen LogP) is 1.49. The summed E-state index contributed by atoms with van der Waals surface area (Å²) in [5, 5.41) is 9.21. The van der Waals surface area contributed by atoms with Crippen LogP contribution in [0.25, 0.3) is 11.5 Å². The minimum atomic E-state index is -0.313. The minimum Gasteiger partial charge on any atom is -0.444 e. The average molecular weight is 316 g/mol. The summed E-state index contributed by atoms with van der Waals surface area (Å²) in [6.07, 6.45) is 1.39. The number of aliphatic hydroxyl groups excluding tert-OH is 1.